The molecule has 3 rings (SSSR count). The van der Waals surface area contributed by atoms with Gasteiger partial charge < -0.3 is 0 Å². The summed E-state index contributed by atoms with van der Waals surface area (Å²) in [6, 6.07) is 8.81. The van der Waals surface area contributed by atoms with Gasteiger partial charge in [0.25, 0.3) is 0 Å². The van der Waals surface area contributed by atoms with E-state index in [-0.39, 0.29) is 0 Å². The van der Waals surface area contributed by atoms with Gasteiger partial charge in [-0.15, -0.1) is 0 Å². The molecule has 0 heteroatoms. The zero-order valence-corrected chi connectivity index (χ0v) is 16.2. The molecule has 134 valence electrons. The van der Waals surface area contributed by atoms with E-state index in [9.17, 15) is 0 Å². The maximum atomic E-state index is 3.44. The van der Waals surface area contributed by atoms with Gasteiger partial charge in [0.2, 0.25) is 0 Å². The Labute approximate surface area is 155 Å². The maximum Gasteiger partial charge on any atom is 0.0249 e. The van der Waals surface area contributed by atoms with Crippen LogP contribution in [0.3, 0.4) is 0 Å². The Morgan fingerprint density at radius 2 is 1.64 bits per heavy atom. The Morgan fingerprint density at radius 1 is 0.880 bits per heavy atom. The third-order valence-corrected chi connectivity index (χ3v) is 6.45. The predicted molar refractivity (Wildman–Crippen MR) is 108 cm³/mol. The SMILES string of the molecule is CCCc1ccc(C#CC2=CCC(C3CCC(CC)CC3)CC2)cc1. The summed E-state index contributed by atoms with van der Waals surface area (Å²) in [5.74, 6) is 9.74. The molecule has 0 heterocycles. The molecule has 1 atom stereocenters. The lowest BCUT2D eigenvalue weighted by Crippen LogP contribution is -2.22. The predicted octanol–water partition coefficient (Wildman–Crippen LogP) is 6.93. The summed E-state index contributed by atoms with van der Waals surface area (Å²) in [7, 11) is 0. The van der Waals surface area contributed by atoms with Crippen molar-refractivity contribution in [2.45, 2.75) is 78.1 Å². The molecule has 1 aromatic rings. The van der Waals surface area contributed by atoms with Crippen LogP contribution in [0.2, 0.25) is 0 Å². The number of rotatable bonds is 4. The Balaban J connectivity index is 1.52. The van der Waals surface area contributed by atoms with Gasteiger partial charge in [0.15, 0.2) is 0 Å². The highest BCUT2D eigenvalue weighted by Crippen LogP contribution is 2.40. The Hall–Kier alpha value is -1.48. The molecule has 0 aromatic heterocycles. The van der Waals surface area contributed by atoms with Crippen molar-refractivity contribution in [1.82, 2.24) is 0 Å². The van der Waals surface area contributed by atoms with E-state index in [0.29, 0.717) is 0 Å². The first kappa shape index (κ1) is 18.3. The molecule has 25 heavy (non-hydrogen) atoms. The van der Waals surface area contributed by atoms with Crippen molar-refractivity contribution in [2.24, 2.45) is 17.8 Å². The third-order valence-electron chi connectivity index (χ3n) is 6.45. The summed E-state index contributed by atoms with van der Waals surface area (Å²) in [4.78, 5) is 0. The molecule has 0 N–H and O–H groups in total. The smallest absolute Gasteiger partial charge is 0.0249 e. The summed E-state index contributed by atoms with van der Waals surface area (Å²) in [5, 5.41) is 0. The van der Waals surface area contributed by atoms with E-state index in [4.69, 9.17) is 0 Å². The van der Waals surface area contributed by atoms with Crippen molar-refractivity contribution in [2.75, 3.05) is 0 Å². The fraction of sp³-hybridized carbons (Fsp3) is 0.600. The minimum absolute atomic E-state index is 0.927. The van der Waals surface area contributed by atoms with E-state index < -0.39 is 0 Å². The quantitative estimate of drug-likeness (QED) is 0.523. The van der Waals surface area contributed by atoms with Gasteiger partial charge in [0.05, 0.1) is 0 Å². The molecule has 2 aliphatic rings. The zero-order chi connectivity index (χ0) is 17.5. The molecule has 1 aromatic carbocycles. The molecule has 1 fully saturated rings. The van der Waals surface area contributed by atoms with Crippen LogP contribution in [0.1, 0.15) is 82.8 Å². The van der Waals surface area contributed by atoms with Gasteiger partial charge in [-0.25, -0.2) is 0 Å². The van der Waals surface area contributed by atoms with Crippen LogP contribution in [0.25, 0.3) is 0 Å². The highest BCUT2D eigenvalue weighted by molar-refractivity contribution is 5.42. The monoisotopic (exact) mass is 334 g/mol. The second kappa shape index (κ2) is 9.28. The van der Waals surface area contributed by atoms with E-state index in [0.717, 1.165) is 23.3 Å². The van der Waals surface area contributed by atoms with E-state index in [1.807, 2.05) is 0 Å². The van der Waals surface area contributed by atoms with Gasteiger partial charge in [-0.3, -0.25) is 0 Å². The number of allylic oxidation sites excluding steroid dienone is 2. The van der Waals surface area contributed by atoms with Gasteiger partial charge in [0, 0.05) is 5.56 Å². The van der Waals surface area contributed by atoms with E-state index in [1.165, 1.54) is 75.3 Å². The van der Waals surface area contributed by atoms with Crippen LogP contribution >= 0.6 is 0 Å². The summed E-state index contributed by atoms with van der Waals surface area (Å²) < 4.78 is 0. The highest BCUT2D eigenvalue weighted by atomic mass is 14.3. The lowest BCUT2D eigenvalue weighted by atomic mass is 9.71. The van der Waals surface area contributed by atoms with Crippen molar-refractivity contribution < 1.29 is 0 Å². The molecule has 1 saturated carbocycles. The molecule has 0 bridgehead atoms. The van der Waals surface area contributed by atoms with Crippen LogP contribution in [-0.4, -0.2) is 0 Å². The van der Waals surface area contributed by atoms with Crippen molar-refractivity contribution in [3.05, 3.63) is 47.0 Å². The Morgan fingerprint density at radius 3 is 2.24 bits per heavy atom. The highest BCUT2D eigenvalue weighted by Gasteiger charge is 2.27. The molecule has 0 saturated heterocycles. The molecule has 0 spiro atoms. The molecular formula is C25H34. The molecule has 1 unspecified atom stereocenters. The lowest BCUT2D eigenvalue weighted by Gasteiger charge is -2.34. The third kappa shape index (κ3) is 5.24. The van der Waals surface area contributed by atoms with Crippen molar-refractivity contribution in [3.63, 3.8) is 0 Å². The molecular weight excluding hydrogens is 300 g/mol. The van der Waals surface area contributed by atoms with Gasteiger partial charge in [-0.05, 0) is 79.5 Å². The van der Waals surface area contributed by atoms with Crippen molar-refractivity contribution >= 4 is 0 Å². The Kier molecular flexibility index (Phi) is 6.80. The standard InChI is InChI=1S/C25H34/c1-3-5-21-6-8-22(9-7-21)10-11-23-14-18-25(19-15-23)24-16-12-20(4-2)13-17-24/h6-9,14,20,24-25H,3-5,12-13,15-19H2,1-2H3. The minimum atomic E-state index is 0.927. The largest absolute Gasteiger partial charge is 0.0726 e. The summed E-state index contributed by atoms with van der Waals surface area (Å²) >= 11 is 0. The number of hydrogen-bond donors (Lipinski definition) is 0. The van der Waals surface area contributed by atoms with E-state index >= 15 is 0 Å². The van der Waals surface area contributed by atoms with Gasteiger partial charge in [0.1, 0.15) is 0 Å². The average Bonchev–Trinajstić information content (AvgIpc) is 2.68. The second-order valence-electron chi connectivity index (χ2n) is 8.15. The van der Waals surface area contributed by atoms with Crippen LogP contribution < -0.4 is 0 Å². The van der Waals surface area contributed by atoms with Crippen LogP contribution in [0.5, 0.6) is 0 Å². The molecule has 0 nitrogen and oxygen atoms in total. The van der Waals surface area contributed by atoms with Gasteiger partial charge in [-0.2, -0.15) is 0 Å². The summed E-state index contributed by atoms with van der Waals surface area (Å²) in [5.41, 5.74) is 3.95. The number of hydrogen-bond acceptors (Lipinski definition) is 0. The zero-order valence-electron chi connectivity index (χ0n) is 16.2. The Bertz CT molecular complexity index is 614. The van der Waals surface area contributed by atoms with Gasteiger partial charge >= 0.3 is 0 Å². The summed E-state index contributed by atoms with van der Waals surface area (Å²) in [6.45, 7) is 4.59. The van der Waals surface area contributed by atoms with Crippen LogP contribution in [-0.2, 0) is 6.42 Å². The first-order valence-electron chi connectivity index (χ1n) is 10.6. The first-order chi connectivity index (χ1) is 12.3. The fourth-order valence-electron chi connectivity index (χ4n) is 4.66. The first-order valence-corrected chi connectivity index (χ1v) is 10.6. The van der Waals surface area contributed by atoms with E-state index in [2.05, 4.69) is 56.0 Å². The topological polar surface area (TPSA) is 0 Å². The van der Waals surface area contributed by atoms with Gasteiger partial charge in [-0.1, -0.05) is 69.6 Å². The van der Waals surface area contributed by atoms with Crippen LogP contribution in [0, 0.1) is 29.6 Å². The maximum absolute atomic E-state index is 3.44. The molecule has 0 aliphatic heterocycles. The van der Waals surface area contributed by atoms with Crippen LogP contribution in [0.15, 0.2) is 35.9 Å². The second-order valence-corrected chi connectivity index (χ2v) is 8.15. The fourth-order valence-corrected chi connectivity index (χ4v) is 4.66. The number of aryl methyl sites for hydroxylation is 1. The van der Waals surface area contributed by atoms with E-state index in [1.54, 1.807) is 0 Å². The normalized spacial score (nSPS) is 26.5. The lowest BCUT2D eigenvalue weighted by molar-refractivity contribution is 0.190. The minimum Gasteiger partial charge on any atom is -0.0726 e. The average molecular weight is 335 g/mol. The van der Waals surface area contributed by atoms with Crippen LogP contribution in [0.4, 0.5) is 0 Å². The molecule has 0 amide bonds. The summed E-state index contributed by atoms with van der Waals surface area (Å²) in [6.07, 6.45) is 15.9. The molecule has 2 aliphatic carbocycles. The van der Waals surface area contributed by atoms with Crippen molar-refractivity contribution in [3.8, 4) is 11.8 Å². The number of benzene rings is 1. The van der Waals surface area contributed by atoms with Crippen molar-refractivity contribution in [1.29, 1.82) is 0 Å². The molecule has 0 radical (unpaired) electrons.